The zero-order valence-corrected chi connectivity index (χ0v) is 9.65. The molecule has 0 radical (unpaired) electrons. The van der Waals surface area contributed by atoms with Crippen LogP contribution in [0.1, 0.15) is 18.4 Å². The number of benzene rings is 2. The maximum Gasteiger partial charge on any atom is 0.130 e. The summed E-state index contributed by atoms with van der Waals surface area (Å²) in [7, 11) is 0. The van der Waals surface area contributed by atoms with Crippen LogP contribution in [0.5, 0.6) is 0 Å². The van der Waals surface area contributed by atoms with Crippen molar-refractivity contribution in [2.45, 2.75) is 12.8 Å². The van der Waals surface area contributed by atoms with Crippen LogP contribution >= 0.6 is 0 Å². The molecule has 0 aromatic heterocycles. The zero-order valence-electron chi connectivity index (χ0n) is 9.65. The van der Waals surface area contributed by atoms with Crippen molar-refractivity contribution >= 4 is 22.6 Å². The first-order valence-corrected chi connectivity index (χ1v) is 5.91. The van der Waals surface area contributed by atoms with Gasteiger partial charge in [-0.05, 0) is 34.8 Å². The van der Waals surface area contributed by atoms with E-state index in [9.17, 15) is 4.79 Å². The predicted octanol–water partition coefficient (Wildman–Crippen LogP) is 3.83. The molecule has 0 atom stereocenters. The molecule has 2 aromatic carbocycles. The lowest BCUT2D eigenvalue weighted by atomic mass is 9.89. The summed E-state index contributed by atoms with van der Waals surface area (Å²) >= 11 is 0. The predicted molar refractivity (Wildman–Crippen MR) is 70.7 cm³/mol. The van der Waals surface area contributed by atoms with Gasteiger partial charge in [-0.2, -0.15) is 0 Å². The monoisotopic (exact) mass is 222 g/mol. The van der Waals surface area contributed by atoms with Crippen LogP contribution in [-0.4, -0.2) is 6.29 Å². The largest absolute Gasteiger partial charge is 0.302 e. The number of hydrogen-bond donors (Lipinski definition) is 0. The van der Waals surface area contributed by atoms with Gasteiger partial charge < -0.3 is 4.79 Å². The van der Waals surface area contributed by atoms with E-state index in [4.69, 9.17) is 0 Å². The number of fused-ring (bicyclic) bond motifs is 1. The van der Waals surface area contributed by atoms with Crippen molar-refractivity contribution in [3.8, 4) is 0 Å². The third-order valence-electron chi connectivity index (χ3n) is 3.73. The summed E-state index contributed by atoms with van der Waals surface area (Å²) in [6.45, 7) is 4.15. The molecule has 0 heterocycles. The SMILES string of the molecule is C=C(c1cccc2ccccc12)C1(C=O)CC1. The average molecular weight is 222 g/mol. The average Bonchev–Trinajstić information content (AvgIpc) is 3.18. The molecule has 3 rings (SSSR count). The summed E-state index contributed by atoms with van der Waals surface area (Å²) in [5.41, 5.74) is 1.82. The maximum absolute atomic E-state index is 11.2. The Bertz CT molecular complexity index is 600. The molecular formula is C16H14O. The minimum atomic E-state index is -0.274. The first-order valence-electron chi connectivity index (χ1n) is 5.91. The van der Waals surface area contributed by atoms with E-state index < -0.39 is 0 Å². The minimum absolute atomic E-state index is 0.274. The van der Waals surface area contributed by atoms with E-state index in [0.717, 1.165) is 30.3 Å². The molecule has 0 N–H and O–H groups in total. The number of carbonyl (C=O) groups excluding carboxylic acids is 1. The van der Waals surface area contributed by atoms with Crippen molar-refractivity contribution in [1.29, 1.82) is 0 Å². The number of aldehydes is 1. The molecule has 0 spiro atoms. The topological polar surface area (TPSA) is 17.1 Å². The first kappa shape index (κ1) is 10.3. The molecule has 0 aliphatic heterocycles. The highest BCUT2D eigenvalue weighted by Gasteiger charge is 2.45. The highest BCUT2D eigenvalue weighted by Crippen LogP contribution is 2.53. The molecule has 1 saturated carbocycles. The smallest absolute Gasteiger partial charge is 0.130 e. The number of hydrogen-bond acceptors (Lipinski definition) is 1. The molecule has 0 saturated heterocycles. The van der Waals surface area contributed by atoms with Gasteiger partial charge in [-0.3, -0.25) is 0 Å². The quantitative estimate of drug-likeness (QED) is 0.721. The van der Waals surface area contributed by atoms with Crippen molar-refractivity contribution < 1.29 is 4.79 Å². The van der Waals surface area contributed by atoms with Gasteiger partial charge in [0, 0.05) is 0 Å². The molecule has 1 fully saturated rings. The zero-order chi connectivity index (χ0) is 11.9. The third kappa shape index (κ3) is 1.50. The highest BCUT2D eigenvalue weighted by atomic mass is 16.1. The molecule has 84 valence electrons. The Morgan fingerprint density at radius 1 is 1.12 bits per heavy atom. The number of rotatable bonds is 3. The van der Waals surface area contributed by atoms with Gasteiger partial charge in [0.1, 0.15) is 6.29 Å². The van der Waals surface area contributed by atoms with Crippen LogP contribution in [0.4, 0.5) is 0 Å². The van der Waals surface area contributed by atoms with Crippen molar-refractivity contribution in [2.75, 3.05) is 0 Å². The summed E-state index contributed by atoms with van der Waals surface area (Å²) in [5.74, 6) is 0. The van der Waals surface area contributed by atoms with Gasteiger partial charge in [-0.15, -0.1) is 0 Å². The summed E-state index contributed by atoms with van der Waals surface area (Å²) < 4.78 is 0. The van der Waals surface area contributed by atoms with Crippen molar-refractivity contribution in [3.63, 3.8) is 0 Å². The Hall–Kier alpha value is -1.89. The maximum atomic E-state index is 11.2. The van der Waals surface area contributed by atoms with Gasteiger partial charge in [-0.1, -0.05) is 49.0 Å². The molecular weight excluding hydrogens is 208 g/mol. The van der Waals surface area contributed by atoms with Gasteiger partial charge in [0.05, 0.1) is 5.41 Å². The standard InChI is InChI=1S/C16H14O/c1-12(16(11-17)9-10-16)14-8-4-6-13-5-2-3-7-15(13)14/h2-8,11H,1,9-10H2. The molecule has 0 bridgehead atoms. The van der Waals surface area contributed by atoms with Crippen LogP contribution < -0.4 is 0 Å². The van der Waals surface area contributed by atoms with Crippen LogP contribution in [0.25, 0.3) is 16.3 Å². The molecule has 1 nitrogen and oxygen atoms in total. The van der Waals surface area contributed by atoms with Gasteiger partial charge in [0.25, 0.3) is 0 Å². The Labute approximate surface area is 101 Å². The van der Waals surface area contributed by atoms with Gasteiger partial charge >= 0.3 is 0 Å². The first-order chi connectivity index (χ1) is 8.27. The highest BCUT2D eigenvalue weighted by molar-refractivity contribution is 5.99. The van der Waals surface area contributed by atoms with Crippen molar-refractivity contribution in [2.24, 2.45) is 5.41 Å². The summed E-state index contributed by atoms with van der Waals surface area (Å²) in [6, 6.07) is 14.4. The molecule has 1 aliphatic rings. The fourth-order valence-corrected chi connectivity index (χ4v) is 2.38. The fraction of sp³-hybridized carbons (Fsp3) is 0.188. The van der Waals surface area contributed by atoms with E-state index in [0.29, 0.717) is 0 Å². The fourth-order valence-electron chi connectivity index (χ4n) is 2.38. The molecule has 2 aromatic rings. The van der Waals surface area contributed by atoms with E-state index in [2.05, 4.69) is 30.8 Å². The lowest BCUT2D eigenvalue weighted by Crippen LogP contribution is -2.04. The van der Waals surface area contributed by atoms with E-state index in [1.54, 1.807) is 0 Å². The number of carbonyl (C=O) groups is 1. The van der Waals surface area contributed by atoms with E-state index >= 15 is 0 Å². The molecule has 1 aliphatic carbocycles. The third-order valence-corrected chi connectivity index (χ3v) is 3.73. The molecule has 0 amide bonds. The van der Waals surface area contributed by atoms with Crippen LogP contribution in [0, 0.1) is 5.41 Å². The van der Waals surface area contributed by atoms with Crippen molar-refractivity contribution in [1.82, 2.24) is 0 Å². The Balaban J connectivity index is 2.18. The second-order valence-electron chi connectivity index (χ2n) is 4.78. The lowest BCUT2D eigenvalue weighted by Gasteiger charge is -2.14. The number of allylic oxidation sites excluding steroid dienone is 1. The van der Waals surface area contributed by atoms with E-state index in [-0.39, 0.29) is 5.41 Å². The normalized spacial score (nSPS) is 16.7. The minimum Gasteiger partial charge on any atom is -0.302 e. The summed E-state index contributed by atoms with van der Waals surface area (Å²) in [4.78, 5) is 11.2. The Morgan fingerprint density at radius 2 is 1.82 bits per heavy atom. The second kappa shape index (κ2) is 3.56. The molecule has 0 unspecified atom stereocenters. The molecule has 1 heteroatoms. The van der Waals surface area contributed by atoms with Crippen LogP contribution in [0.15, 0.2) is 49.0 Å². The van der Waals surface area contributed by atoms with Crippen molar-refractivity contribution in [3.05, 3.63) is 54.6 Å². The van der Waals surface area contributed by atoms with Gasteiger partial charge in [-0.25, -0.2) is 0 Å². The summed E-state index contributed by atoms with van der Waals surface area (Å²) in [5, 5.41) is 2.39. The molecule has 17 heavy (non-hydrogen) atoms. The van der Waals surface area contributed by atoms with Crippen LogP contribution in [-0.2, 0) is 4.79 Å². The van der Waals surface area contributed by atoms with Crippen LogP contribution in [0.3, 0.4) is 0 Å². The van der Waals surface area contributed by atoms with E-state index in [1.807, 2.05) is 18.2 Å². The van der Waals surface area contributed by atoms with E-state index in [1.165, 1.54) is 10.8 Å². The Morgan fingerprint density at radius 3 is 2.53 bits per heavy atom. The van der Waals surface area contributed by atoms with Gasteiger partial charge in [0.2, 0.25) is 0 Å². The lowest BCUT2D eigenvalue weighted by molar-refractivity contribution is -0.110. The Kier molecular flexibility index (Phi) is 2.15. The second-order valence-corrected chi connectivity index (χ2v) is 4.78. The van der Waals surface area contributed by atoms with Gasteiger partial charge in [0.15, 0.2) is 0 Å². The van der Waals surface area contributed by atoms with Crippen LogP contribution in [0.2, 0.25) is 0 Å². The summed E-state index contributed by atoms with van der Waals surface area (Å²) in [6.07, 6.45) is 2.95.